The third-order valence-corrected chi connectivity index (χ3v) is 6.32. The molecule has 2 amide bonds. The molecule has 0 saturated carbocycles. The van der Waals surface area contributed by atoms with Gasteiger partial charge in [-0.05, 0) is 13.8 Å². The van der Waals surface area contributed by atoms with Crippen molar-refractivity contribution in [2.75, 3.05) is 43.0 Å². The molecule has 0 spiro atoms. The zero-order valence-corrected chi connectivity index (χ0v) is 19.4. The number of anilines is 1. The number of aryl methyl sites for hydroxylation is 1. The molecule has 3 heterocycles. The lowest BCUT2D eigenvalue weighted by molar-refractivity contribution is -0.130. The fourth-order valence-electron chi connectivity index (χ4n) is 3.55. The number of piperazine rings is 1. The number of nitrogens with zero attached hydrogens (tertiary/aromatic N) is 5. The first kappa shape index (κ1) is 23.0. The summed E-state index contributed by atoms with van der Waals surface area (Å²) >= 11 is 1.29. The lowest BCUT2D eigenvalue weighted by Gasteiger charge is -2.36. The number of hydrogen-bond donors (Lipinski definition) is 1. The SMILES string of the molecule is Cc1cc(NC(=O)CSCC(=O)N2CCN(C(C)c3nc(-c4ccccc4)no3)CC2)no1. The summed E-state index contributed by atoms with van der Waals surface area (Å²) in [5, 5.41) is 10.5. The van der Waals surface area contributed by atoms with Crippen molar-refractivity contribution in [3.8, 4) is 11.4 Å². The molecule has 1 N–H and O–H groups in total. The highest BCUT2D eigenvalue weighted by Gasteiger charge is 2.27. The highest BCUT2D eigenvalue weighted by Crippen LogP contribution is 2.23. The fraction of sp³-hybridized carbons (Fsp3) is 0.409. The number of aromatic nitrogens is 3. The van der Waals surface area contributed by atoms with Gasteiger partial charge in [-0.25, -0.2) is 0 Å². The van der Waals surface area contributed by atoms with Gasteiger partial charge in [0.25, 0.3) is 0 Å². The van der Waals surface area contributed by atoms with E-state index in [-0.39, 0.29) is 29.4 Å². The number of nitrogens with one attached hydrogen (secondary N) is 1. The molecule has 174 valence electrons. The van der Waals surface area contributed by atoms with Crippen molar-refractivity contribution >= 4 is 29.4 Å². The first-order valence-electron chi connectivity index (χ1n) is 10.7. The van der Waals surface area contributed by atoms with Crippen molar-refractivity contribution in [1.29, 1.82) is 0 Å². The molecule has 1 aliphatic heterocycles. The van der Waals surface area contributed by atoms with Crippen molar-refractivity contribution in [1.82, 2.24) is 25.1 Å². The van der Waals surface area contributed by atoms with Crippen LogP contribution in [0.4, 0.5) is 5.82 Å². The normalized spacial score (nSPS) is 15.4. The Morgan fingerprint density at radius 2 is 1.85 bits per heavy atom. The second kappa shape index (κ2) is 10.6. The average Bonchev–Trinajstić information content (AvgIpc) is 3.48. The number of amides is 2. The standard InChI is InChI=1S/C22H26N6O4S/c1-15-12-18(25-31-15)23-19(29)13-33-14-20(30)28-10-8-27(9-11-28)16(2)22-24-21(26-32-22)17-6-4-3-5-7-17/h3-7,12,16H,8-11,13-14H2,1-2H3,(H,23,25,29). The van der Waals surface area contributed by atoms with Crippen molar-refractivity contribution in [3.05, 3.63) is 48.0 Å². The summed E-state index contributed by atoms with van der Waals surface area (Å²) in [7, 11) is 0. The molecule has 33 heavy (non-hydrogen) atoms. The molecule has 1 aromatic carbocycles. The van der Waals surface area contributed by atoms with E-state index in [1.165, 1.54) is 11.8 Å². The Bertz CT molecular complexity index is 1080. The molecule has 10 nitrogen and oxygen atoms in total. The molecule has 0 radical (unpaired) electrons. The molecular formula is C22H26N6O4S. The zero-order chi connectivity index (χ0) is 23.2. The summed E-state index contributed by atoms with van der Waals surface area (Å²) in [6.45, 7) is 6.45. The van der Waals surface area contributed by atoms with Crippen LogP contribution in [-0.4, -0.2) is 74.6 Å². The van der Waals surface area contributed by atoms with Crippen LogP contribution in [0.15, 0.2) is 45.4 Å². The maximum atomic E-state index is 12.5. The van der Waals surface area contributed by atoms with E-state index >= 15 is 0 Å². The number of benzene rings is 1. The van der Waals surface area contributed by atoms with Gasteiger partial charge in [0.2, 0.25) is 23.5 Å². The number of thioether (sulfide) groups is 1. The lowest BCUT2D eigenvalue weighted by Crippen LogP contribution is -2.49. The Kier molecular flexibility index (Phi) is 7.40. The van der Waals surface area contributed by atoms with Gasteiger partial charge in [-0.15, -0.1) is 11.8 Å². The van der Waals surface area contributed by atoms with Crippen LogP contribution in [0.1, 0.15) is 24.6 Å². The second-order valence-electron chi connectivity index (χ2n) is 7.78. The Labute approximate surface area is 195 Å². The third-order valence-electron chi connectivity index (χ3n) is 5.40. The van der Waals surface area contributed by atoms with E-state index in [1.807, 2.05) is 42.2 Å². The second-order valence-corrected chi connectivity index (χ2v) is 8.76. The third kappa shape index (κ3) is 5.99. The van der Waals surface area contributed by atoms with E-state index in [0.717, 1.165) is 5.56 Å². The Balaban J connectivity index is 1.19. The Morgan fingerprint density at radius 1 is 1.09 bits per heavy atom. The van der Waals surface area contributed by atoms with E-state index in [1.54, 1.807) is 13.0 Å². The van der Waals surface area contributed by atoms with Crippen LogP contribution in [0, 0.1) is 6.92 Å². The van der Waals surface area contributed by atoms with Crippen LogP contribution >= 0.6 is 11.8 Å². The van der Waals surface area contributed by atoms with Gasteiger partial charge in [0.15, 0.2) is 5.82 Å². The van der Waals surface area contributed by atoms with Crippen molar-refractivity contribution in [3.63, 3.8) is 0 Å². The molecule has 0 bridgehead atoms. The van der Waals surface area contributed by atoms with Gasteiger partial charge >= 0.3 is 0 Å². The summed E-state index contributed by atoms with van der Waals surface area (Å²) in [5.74, 6) is 2.39. The molecule has 1 fully saturated rings. The lowest BCUT2D eigenvalue weighted by atomic mass is 10.2. The van der Waals surface area contributed by atoms with E-state index in [0.29, 0.717) is 49.5 Å². The average molecular weight is 471 g/mol. The summed E-state index contributed by atoms with van der Waals surface area (Å²) in [6, 6.07) is 11.3. The van der Waals surface area contributed by atoms with E-state index in [9.17, 15) is 9.59 Å². The van der Waals surface area contributed by atoms with Crippen LogP contribution in [0.5, 0.6) is 0 Å². The van der Waals surface area contributed by atoms with Gasteiger partial charge in [0.1, 0.15) is 5.76 Å². The molecule has 4 rings (SSSR count). The number of carbonyl (C=O) groups excluding carboxylic acids is 2. The smallest absolute Gasteiger partial charge is 0.244 e. The minimum atomic E-state index is -0.214. The molecule has 1 unspecified atom stereocenters. The predicted molar refractivity (Wildman–Crippen MR) is 123 cm³/mol. The summed E-state index contributed by atoms with van der Waals surface area (Å²) in [4.78, 5) is 33.1. The first-order valence-corrected chi connectivity index (χ1v) is 11.9. The molecule has 1 atom stereocenters. The van der Waals surface area contributed by atoms with Gasteiger partial charge in [-0.2, -0.15) is 4.98 Å². The Morgan fingerprint density at radius 3 is 2.55 bits per heavy atom. The monoisotopic (exact) mass is 470 g/mol. The maximum absolute atomic E-state index is 12.5. The molecular weight excluding hydrogens is 444 g/mol. The Hall–Kier alpha value is -3.18. The van der Waals surface area contributed by atoms with E-state index in [4.69, 9.17) is 9.05 Å². The predicted octanol–water partition coefficient (Wildman–Crippen LogP) is 2.61. The summed E-state index contributed by atoms with van der Waals surface area (Å²) in [5.41, 5.74) is 0.914. The highest BCUT2D eigenvalue weighted by atomic mass is 32.2. The van der Waals surface area contributed by atoms with Crippen LogP contribution in [0.3, 0.4) is 0 Å². The minimum Gasteiger partial charge on any atom is -0.360 e. The highest BCUT2D eigenvalue weighted by molar-refractivity contribution is 8.00. The van der Waals surface area contributed by atoms with Crippen LogP contribution < -0.4 is 5.32 Å². The number of hydrogen-bond acceptors (Lipinski definition) is 9. The fourth-order valence-corrected chi connectivity index (χ4v) is 4.27. The van der Waals surface area contributed by atoms with Crippen LogP contribution in [0.2, 0.25) is 0 Å². The first-order chi connectivity index (χ1) is 16.0. The molecule has 0 aliphatic carbocycles. The molecule has 2 aromatic heterocycles. The van der Waals surface area contributed by atoms with Crippen LogP contribution in [-0.2, 0) is 9.59 Å². The number of rotatable bonds is 8. The van der Waals surface area contributed by atoms with Gasteiger partial charge in [0.05, 0.1) is 17.5 Å². The molecule has 1 aliphatic rings. The molecule has 11 heteroatoms. The van der Waals surface area contributed by atoms with E-state index < -0.39 is 0 Å². The zero-order valence-electron chi connectivity index (χ0n) is 18.6. The number of carbonyl (C=O) groups is 2. The van der Waals surface area contributed by atoms with Crippen LogP contribution in [0.25, 0.3) is 11.4 Å². The largest absolute Gasteiger partial charge is 0.360 e. The topological polar surface area (TPSA) is 118 Å². The van der Waals surface area contributed by atoms with Crippen molar-refractivity contribution in [2.45, 2.75) is 19.9 Å². The molecule has 1 saturated heterocycles. The van der Waals surface area contributed by atoms with Gasteiger partial charge in [-0.1, -0.05) is 40.6 Å². The minimum absolute atomic E-state index is 0.0292. The summed E-state index contributed by atoms with van der Waals surface area (Å²) in [6.07, 6.45) is 0. The quantitative estimate of drug-likeness (QED) is 0.530. The van der Waals surface area contributed by atoms with E-state index in [2.05, 4.69) is 25.5 Å². The van der Waals surface area contributed by atoms with Crippen molar-refractivity contribution < 1.29 is 18.6 Å². The van der Waals surface area contributed by atoms with Gasteiger partial charge in [0, 0.05) is 37.8 Å². The maximum Gasteiger partial charge on any atom is 0.244 e. The van der Waals surface area contributed by atoms with Crippen molar-refractivity contribution in [2.24, 2.45) is 0 Å². The molecule has 3 aromatic rings. The summed E-state index contributed by atoms with van der Waals surface area (Å²) < 4.78 is 10.4. The van der Waals surface area contributed by atoms with Gasteiger partial charge in [-0.3, -0.25) is 14.5 Å². The van der Waals surface area contributed by atoms with Gasteiger partial charge < -0.3 is 19.3 Å².